The lowest BCUT2D eigenvalue weighted by molar-refractivity contribution is 0.645. The van der Waals surface area contributed by atoms with Crippen LogP contribution in [0.5, 0.6) is 0 Å². The number of halogens is 1. The van der Waals surface area contributed by atoms with Crippen LogP contribution in [-0.4, -0.2) is 12.6 Å². The van der Waals surface area contributed by atoms with Crippen LogP contribution in [0.4, 0.5) is 5.69 Å². The first-order valence-electron chi connectivity index (χ1n) is 5.41. The van der Waals surface area contributed by atoms with E-state index in [1.54, 1.807) is 12.1 Å². The fraction of sp³-hybridized carbons (Fsp3) is 0.417. The minimum absolute atomic E-state index is 0.272. The highest BCUT2D eigenvalue weighted by molar-refractivity contribution is 6.30. The maximum Gasteiger partial charge on any atom is 0.101 e. The van der Waals surface area contributed by atoms with E-state index in [9.17, 15) is 0 Å². The zero-order valence-electron chi connectivity index (χ0n) is 8.91. The van der Waals surface area contributed by atoms with Crippen LogP contribution in [0.2, 0.25) is 5.02 Å². The molecule has 1 aromatic carbocycles. The molecule has 0 saturated heterocycles. The molecule has 1 fully saturated rings. The topological polar surface area (TPSA) is 61.8 Å². The van der Waals surface area contributed by atoms with E-state index >= 15 is 0 Å². The number of nitrogens with two attached hydrogens (primary N) is 1. The molecule has 2 rings (SSSR count). The lowest BCUT2D eigenvalue weighted by Crippen LogP contribution is -2.31. The predicted octanol–water partition coefficient (Wildman–Crippen LogP) is 2.36. The number of anilines is 1. The molecule has 0 radical (unpaired) electrons. The molecule has 1 aromatic rings. The van der Waals surface area contributed by atoms with Gasteiger partial charge in [-0.05, 0) is 37.0 Å². The first-order valence-corrected chi connectivity index (χ1v) is 5.78. The van der Waals surface area contributed by atoms with Crippen molar-refractivity contribution >= 4 is 17.3 Å². The summed E-state index contributed by atoms with van der Waals surface area (Å²) in [5.74, 6) is 0.659. The molecule has 1 aliphatic rings. The van der Waals surface area contributed by atoms with Crippen molar-refractivity contribution < 1.29 is 0 Å². The Bertz CT molecular complexity index is 421. The maximum atomic E-state index is 9.00. The Morgan fingerprint density at radius 1 is 1.56 bits per heavy atom. The third-order valence-electron chi connectivity index (χ3n) is 2.89. The second kappa shape index (κ2) is 4.73. The normalized spacial score (nSPS) is 16.6. The summed E-state index contributed by atoms with van der Waals surface area (Å²) >= 11 is 5.84. The van der Waals surface area contributed by atoms with Crippen molar-refractivity contribution in [3.63, 3.8) is 0 Å². The van der Waals surface area contributed by atoms with Crippen LogP contribution in [0, 0.1) is 17.2 Å². The minimum atomic E-state index is 0.272. The van der Waals surface area contributed by atoms with Gasteiger partial charge in [0.25, 0.3) is 0 Å². The number of benzene rings is 1. The first-order chi connectivity index (χ1) is 7.74. The van der Waals surface area contributed by atoms with Crippen molar-refractivity contribution in [1.82, 2.24) is 0 Å². The van der Waals surface area contributed by atoms with Crippen molar-refractivity contribution in [1.29, 1.82) is 5.26 Å². The molecule has 84 valence electrons. The fourth-order valence-corrected chi connectivity index (χ4v) is 1.97. The largest absolute Gasteiger partial charge is 0.380 e. The Morgan fingerprint density at radius 2 is 2.31 bits per heavy atom. The summed E-state index contributed by atoms with van der Waals surface area (Å²) in [7, 11) is 0. The van der Waals surface area contributed by atoms with Gasteiger partial charge in [0.2, 0.25) is 0 Å². The smallest absolute Gasteiger partial charge is 0.101 e. The molecule has 1 atom stereocenters. The Hall–Kier alpha value is -1.24. The summed E-state index contributed by atoms with van der Waals surface area (Å²) in [5, 5.41) is 12.9. The molecule has 16 heavy (non-hydrogen) atoms. The molecule has 1 aliphatic carbocycles. The van der Waals surface area contributed by atoms with E-state index in [-0.39, 0.29) is 6.04 Å². The van der Waals surface area contributed by atoms with E-state index in [2.05, 4.69) is 11.4 Å². The first kappa shape index (κ1) is 11.3. The number of hydrogen-bond donors (Lipinski definition) is 2. The summed E-state index contributed by atoms with van der Waals surface area (Å²) < 4.78 is 0. The Morgan fingerprint density at radius 3 is 2.88 bits per heavy atom. The molecular weight excluding hydrogens is 222 g/mol. The third kappa shape index (κ3) is 2.46. The van der Waals surface area contributed by atoms with Crippen LogP contribution in [-0.2, 0) is 0 Å². The molecule has 1 unspecified atom stereocenters. The molecule has 4 heteroatoms. The summed E-state index contributed by atoms with van der Waals surface area (Å²) in [5.41, 5.74) is 7.12. The lowest BCUT2D eigenvalue weighted by atomic mass is 10.1. The van der Waals surface area contributed by atoms with Gasteiger partial charge in [0.05, 0.1) is 11.3 Å². The zero-order chi connectivity index (χ0) is 11.5. The average molecular weight is 236 g/mol. The number of nitrogens with one attached hydrogen (secondary N) is 1. The molecule has 0 spiro atoms. The molecule has 1 saturated carbocycles. The Balaban J connectivity index is 2.16. The molecule has 3 N–H and O–H groups in total. The van der Waals surface area contributed by atoms with Gasteiger partial charge in [-0.3, -0.25) is 0 Å². The van der Waals surface area contributed by atoms with Gasteiger partial charge in [0.15, 0.2) is 0 Å². The number of nitriles is 1. The minimum Gasteiger partial charge on any atom is -0.380 e. The Labute approximate surface area is 100 Å². The summed E-state index contributed by atoms with van der Waals surface area (Å²) in [6.45, 7) is 0.595. The van der Waals surface area contributed by atoms with Crippen LogP contribution in [0.1, 0.15) is 18.4 Å². The highest BCUT2D eigenvalue weighted by Crippen LogP contribution is 2.34. The van der Waals surface area contributed by atoms with Crippen LogP contribution >= 0.6 is 11.6 Å². The number of rotatable bonds is 4. The predicted molar refractivity (Wildman–Crippen MR) is 65.4 cm³/mol. The van der Waals surface area contributed by atoms with Gasteiger partial charge >= 0.3 is 0 Å². The fourth-order valence-electron chi connectivity index (χ4n) is 1.80. The second-order valence-electron chi connectivity index (χ2n) is 4.13. The maximum absolute atomic E-state index is 9.00. The van der Waals surface area contributed by atoms with E-state index in [1.165, 1.54) is 12.8 Å². The average Bonchev–Trinajstić information content (AvgIpc) is 3.11. The molecule has 0 aromatic heterocycles. The summed E-state index contributed by atoms with van der Waals surface area (Å²) in [6.07, 6.45) is 2.45. The van der Waals surface area contributed by atoms with E-state index in [0.717, 1.165) is 5.69 Å². The summed E-state index contributed by atoms with van der Waals surface area (Å²) in [4.78, 5) is 0. The zero-order valence-corrected chi connectivity index (χ0v) is 9.67. The van der Waals surface area contributed by atoms with Gasteiger partial charge in [0.1, 0.15) is 6.07 Å². The van der Waals surface area contributed by atoms with Gasteiger partial charge in [0, 0.05) is 17.6 Å². The Kier molecular flexibility index (Phi) is 3.33. The van der Waals surface area contributed by atoms with Crippen molar-refractivity contribution in [2.24, 2.45) is 11.7 Å². The standard InChI is InChI=1S/C12H14ClN3/c13-10-3-4-11(9(5-10)6-14)16-12(7-15)8-1-2-8/h3-5,8,12,16H,1-2,7,15H2. The van der Waals surface area contributed by atoms with E-state index in [0.29, 0.717) is 23.0 Å². The highest BCUT2D eigenvalue weighted by atomic mass is 35.5. The van der Waals surface area contributed by atoms with Crippen LogP contribution in [0.3, 0.4) is 0 Å². The SMILES string of the molecule is N#Cc1cc(Cl)ccc1NC(CN)C1CC1. The molecule has 3 nitrogen and oxygen atoms in total. The van der Waals surface area contributed by atoms with Crippen molar-refractivity contribution in [3.05, 3.63) is 28.8 Å². The van der Waals surface area contributed by atoms with Crippen molar-refractivity contribution in [3.8, 4) is 6.07 Å². The molecule has 0 amide bonds. The van der Waals surface area contributed by atoms with E-state index in [1.807, 2.05) is 6.07 Å². The van der Waals surface area contributed by atoms with Crippen LogP contribution in [0.15, 0.2) is 18.2 Å². The quantitative estimate of drug-likeness (QED) is 0.842. The van der Waals surface area contributed by atoms with Gasteiger partial charge in [-0.25, -0.2) is 0 Å². The van der Waals surface area contributed by atoms with Gasteiger partial charge in [-0.1, -0.05) is 11.6 Å². The monoisotopic (exact) mass is 235 g/mol. The van der Waals surface area contributed by atoms with E-state index in [4.69, 9.17) is 22.6 Å². The van der Waals surface area contributed by atoms with Crippen molar-refractivity contribution in [2.75, 3.05) is 11.9 Å². The number of hydrogen-bond acceptors (Lipinski definition) is 3. The van der Waals surface area contributed by atoms with Crippen LogP contribution < -0.4 is 11.1 Å². The van der Waals surface area contributed by atoms with Crippen LogP contribution in [0.25, 0.3) is 0 Å². The van der Waals surface area contributed by atoms with E-state index < -0.39 is 0 Å². The number of nitrogens with zero attached hydrogens (tertiary/aromatic N) is 1. The molecule has 0 bridgehead atoms. The van der Waals surface area contributed by atoms with Gasteiger partial charge in [-0.15, -0.1) is 0 Å². The summed E-state index contributed by atoms with van der Waals surface area (Å²) in [6, 6.07) is 7.70. The molecule has 0 heterocycles. The lowest BCUT2D eigenvalue weighted by Gasteiger charge is -2.18. The second-order valence-corrected chi connectivity index (χ2v) is 4.56. The van der Waals surface area contributed by atoms with Crippen molar-refractivity contribution in [2.45, 2.75) is 18.9 Å². The van der Waals surface area contributed by atoms with Gasteiger partial charge < -0.3 is 11.1 Å². The molecule has 0 aliphatic heterocycles. The highest BCUT2D eigenvalue weighted by Gasteiger charge is 2.30. The third-order valence-corrected chi connectivity index (χ3v) is 3.12. The molecular formula is C12H14ClN3. The van der Waals surface area contributed by atoms with Gasteiger partial charge in [-0.2, -0.15) is 5.26 Å².